The maximum Gasteiger partial charge on any atom is 0.159 e. The second-order valence-electron chi connectivity index (χ2n) is 4.10. The van der Waals surface area contributed by atoms with E-state index < -0.39 is 11.6 Å². The predicted octanol–water partition coefficient (Wildman–Crippen LogP) is 1.76. The van der Waals surface area contributed by atoms with Crippen LogP contribution in [0.5, 0.6) is 0 Å². The monoisotopic (exact) mass is 244 g/mol. The van der Waals surface area contributed by atoms with Crippen LogP contribution in [0.2, 0.25) is 0 Å². The number of methoxy groups -OCH3 is 1. The van der Waals surface area contributed by atoms with Crippen molar-refractivity contribution >= 4 is 0 Å². The highest BCUT2D eigenvalue weighted by atomic mass is 19.2. The number of benzene rings is 1. The lowest BCUT2D eigenvalue weighted by Crippen LogP contribution is -2.39. The van der Waals surface area contributed by atoms with Crippen molar-refractivity contribution in [2.45, 2.75) is 31.9 Å². The molecule has 17 heavy (non-hydrogen) atoms. The van der Waals surface area contributed by atoms with Gasteiger partial charge in [-0.1, -0.05) is 6.07 Å². The molecule has 0 aliphatic carbocycles. The molecule has 0 bridgehead atoms. The second kappa shape index (κ2) is 6.64. The van der Waals surface area contributed by atoms with E-state index in [2.05, 4.69) is 5.43 Å². The van der Waals surface area contributed by atoms with Gasteiger partial charge in [0, 0.05) is 13.2 Å². The minimum absolute atomic E-state index is 0.0326. The SMILES string of the molecule is COC(C)CC(Cc1ccc(F)c(F)c1)NN. The molecule has 0 saturated carbocycles. The van der Waals surface area contributed by atoms with Crippen LogP contribution in [-0.4, -0.2) is 19.3 Å². The first kappa shape index (κ1) is 14.0. The quantitative estimate of drug-likeness (QED) is 0.592. The van der Waals surface area contributed by atoms with Crippen LogP contribution in [0.25, 0.3) is 0 Å². The summed E-state index contributed by atoms with van der Waals surface area (Å²) >= 11 is 0. The van der Waals surface area contributed by atoms with E-state index in [1.54, 1.807) is 13.2 Å². The van der Waals surface area contributed by atoms with Gasteiger partial charge in [0.25, 0.3) is 0 Å². The summed E-state index contributed by atoms with van der Waals surface area (Å²) in [7, 11) is 1.62. The number of halogens is 2. The van der Waals surface area contributed by atoms with Gasteiger partial charge in [0.15, 0.2) is 11.6 Å². The van der Waals surface area contributed by atoms with E-state index in [1.807, 2.05) is 6.92 Å². The number of rotatable bonds is 6. The zero-order valence-corrected chi connectivity index (χ0v) is 10.0. The van der Waals surface area contributed by atoms with Gasteiger partial charge in [0.05, 0.1) is 6.10 Å². The molecule has 1 rings (SSSR count). The molecule has 0 aliphatic heterocycles. The van der Waals surface area contributed by atoms with Gasteiger partial charge >= 0.3 is 0 Å². The lowest BCUT2D eigenvalue weighted by molar-refractivity contribution is 0.100. The molecule has 0 radical (unpaired) electrons. The molecule has 0 aliphatic rings. The summed E-state index contributed by atoms with van der Waals surface area (Å²) in [6.07, 6.45) is 1.29. The van der Waals surface area contributed by atoms with Crippen molar-refractivity contribution in [3.63, 3.8) is 0 Å². The third-order valence-corrected chi connectivity index (χ3v) is 2.72. The van der Waals surface area contributed by atoms with Crippen molar-refractivity contribution < 1.29 is 13.5 Å². The number of nitrogens with one attached hydrogen (secondary N) is 1. The summed E-state index contributed by atoms with van der Waals surface area (Å²) in [6, 6.07) is 3.84. The molecule has 0 fully saturated rings. The molecule has 0 aromatic heterocycles. The smallest absolute Gasteiger partial charge is 0.159 e. The van der Waals surface area contributed by atoms with E-state index in [-0.39, 0.29) is 12.1 Å². The minimum Gasteiger partial charge on any atom is -0.382 e. The number of hydrogen-bond acceptors (Lipinski definition) is 3. The molecular formula is C12H18F2N2O. The minimum atomic E-state index is -0.837. The van der Waals surface area contributed by atoms with Gasteiger partial charge in [-0.2, -0.15) is 0 Å². The third-order valence-electron chi connectivity index (χ3n) is 2.72. The summed E-state index contributed by atoms with van der Waals surface area (Å²) in [6.45, 7) is 1.93. The Labute approximate surface area is 99.9 Å². The fourth-order valence-electron chi connectivity index (χ4n) is 1.66. The van der Waals surface area contributed by atoms with Crippen molar-refractivity contribution in [1.82, 2.24) is 5.43 Å². The van der Waals surface area contributed by atoms with Crippen LogP contribution in [0.3, 0.4) is 0 Å². The van der Waals surface area contributed by atoms with Crippen LogP contribution in [-0.2, 0) is 11.2 Å². The zero-order valence-electron chi connectivity index (χ0n) is 10.0. The first-order valence-electron chi connectivity index (χ1n) is 5.49. The largest absolute Gasteiger partial charge is 0.382 e. The molecule has 2 unspecified atom stereocenters. The average Bonchev–Trinajstić information content (AvgIpc) is 2.32. The fraction of sp³-hybridized carbons (Fsp3) is 0.500. The Hall–Kier alpha value is -1.04. The van der Waals surface area contributed by atoms with E-state index in [4.69, 9.17) is 10.6 Å². The van der Waals surface area contributed by atoms with E-state index in [0.717, 1.165) is 6.07 Å². The first-order chi connectivity index (χ1) is 8.06. The standard InChI is InChI=1S/C12H18F2N2O/c1-8(17-2)5-10(16-15)6-9-3-4-11(13)12(14)7-9/h3-4,7-8,10,16H,5-6,15H2,1-2H3. The van der Waals surface area contributed by atoms with E-state index in [1.165, 1.54) is 6.07 Å². The van der Waals surface area contributed by atoms with Crippen molar-refractivity contribution in [2.75, 3.05) is 7.11 Å². The van der Waals surface area contributed by atoms with Crippen molar-refractivity contribution in [3.05, 3.63) is 35.4 Å². The molecule has 2 atom stereocenters. The van der Waals surface area contributed by atoms with Gasteiger partial charge in [-0.05, 0) is 37.5 Å². The van der Waals surface area contributed by atoms with Crippen LogP contribution in [0.1, 0.15) is 18.9 Å². The number of ether oxygens (including phenoxy) is 1. The van der Waals surface area contributed by atoms with Crippen LogP contribution >= 0.6 is 0 Å². The molecule has 1 aromatic carbocycles. The van der Waals surface area contributed by atoms with Crippen LogP contribution in [0.15, 0.2) is 18.2 Å². The van der Waals surface area contributed by atoms with Gasteiger partial charge in [0.1, 0.15) is 0 Å². The molecule has 1 aromatic rings. The molecule has 0 heterocycles. The molecule has 3 N–H and O–H groups in total. The van der Waals surface area contributed by atoms with E-state index in [0.29, 0.717) is 18.4 Å². The van der Waals surface area contributed by atoms with Crippen molar-refractivity contribution in [2.24, 2.45) is 5.84 Å². The summed E-state index contributed by atoms with van der Waals surface area (Å²) in [4.78, 5) is 0. The van der Waals surface area contributed by atoms with Gasteiger partial charge in [-0.15, -0.1) is 0 Å². The highest BCUT2D eigenvalue weighted by Gasteiger charge is 2.13. The average molecular weight is 244 g/mol. The Morgan fingerprint density at radius 2 is 2.06 bits per heavy atom. The maximum atomic E-state index is 13.0. The van der Waals surface area contributed by atoms with Gasteiger partial charge in [0.2, 0.25) is 0 Å². The maximum absolute atomic E-state index is 13.0. The highest BCUT2D eigenvalue weighted by Crippen LogP contribution is 2.12. The Balaban J connectivity index is 2.63. The Morgan fingerprint density at radius 1 is 1.35 bits per heavy atom. The van der Waals surface area contributed by atoms with Crippen molar-refractivity contribution in [3.8, 4) is 0 Å². The topological polar surface area (TPSA) is 47.3 Å². The molecular weight excluding hydrogens is 226 g/mol. The third kappa shape index (κ3) is 4.38. The molecule has 3 nitrogen and oxygen atoms in total. The van der Waals surface area contributed by atoms with Crippen molar-refractivity contribution in [1.29, 1.82) is 0 Å². The van der Waals surface area contributed by atoms with Gasteiger partial charge in [-0.3, -0.25) is 11.3 Å². The van der Waals surface area contributed by atoms with Gasteiger partial charge < -0.3 is 4.74 Å². The number of hydrazine groups is 1. The lowest BCUT2D eigenvalue weighted by atomic mass is 10.0. The molecule has 0 spiro atoms. The van der Waals surface area contributed by atoms with Crippen LogP contribution in [0, 0.1) is 11.6 Å². The summed E-state index contributed by atoms with van der Waals surface area (Å²) in [5.41, 5.74) is 3.36. The van der Waals surface area contributed by atoms with Gasteiger partial charge in [-0.25, -0.2) is 8.78 Å². The van der Waals surface area contributed by atoms with Crippen LogP contribution in [0.4, 0.5) is 8.78 Å². The number of hydrogen-bond donors (Lipinski definition) is 2. The summed E-state index contributed by atoms with van der Waals surface area (Å²) < 4.78 is 30.9. The predicted molar refractivity (Wildman–Crippen MR) is 62.3 cm³/mol. The van der Waals surface area contributed by atoms with E-state index >= 15 is 0 Å². The first-order valence-corrected chi connectivity index (χ1v) is 5.49. The fourth-order valence-corrected chi connectivity index (χ4v) is 1.66. The Morgan fingerprint density at radius 3 is 2.59 bits per heavy atom. The Kier molecular flexibility index (Phi) is 5.47. The lowest BCUT2D eigenvalue weighted by Gasteiger charge is -2.19. The molecule has 96 valence electrons. The molecule has 5 heteroatoms. The molecule has 0 amide bonds. The normalized spacial score (nSPS) is 14.6. The highest BCUT2D eigenvalue weighted by molar-refractivity contribution is 5.18. The Bertz CT molecular complexity index is 360. The summed E-state index contributed by atoms with van der Waals surface area (Å²) in [5.74, 6) is 3.75. The molecule has 0 saturated heterocycles. The summed E-state index contributed by atoms with van der Waals surface area (Å²) in [5, 5.41) is 0. The zero-order chi connectivity index (χ0) is 12.8. The van der Waals surface area contributed by atoms with E-state index in [9.17, 15) is 8.78 Å². The number of nitrogens with two attached hydrogens (primary N) is 1. The second-order valence-corrected chi connectivity index (χ2v) is 4.10. The van der Waals surface area contributed by atoms with Crippen LogP contribution < -0.4 is 11.3 Å².